The summed E-state index contributed by atoms with van der Waals surface area (Å²) in [4.78, 5) is 0. The zero-order valence-electron chi connectivity index (χ0n) is 28.4. The van der Waals surface area contributed by atoms with Gasteiger partial charge in [0, 0.05) is 38.2 Å². The fraction of sp³-hybridized carbons (Fsp3) is 0. The second-order valence-corrected chi connectivity index (χ2v) is 13.7. The lowest BCUT2D eigenvalue weighted by atomic mass is 9.97. The van der Waals surface area contributed by atoms with Crippen LogP contribution in [-0.4, -0.2) is 9.13 Å². The molecule has 2 heterocycles. The molecule has 0 aliphatic rings. The van der Waals surface area contributed by atoms with E-state index >= 15 is 0 Å². The Bertz CT molecular complexity index is 3180. The van der Waals surface area contributed by atoms with Crippen LogP contribution in [0.3, 0.4) is 0 Å². The highest BCUT2D eigenvalue weighted by atomic mass is 15.0. The van der Waals surface area contributed by atoms with E-state index in [-0.39, 0.29) is 0 Å². The molecule has 0 aliphatic heterocycles. The van der Waals surface area contributed by atoms with Gasteiger partial charge in [0.2, 0.25) is 0 Å². The van der Waals surface area contributed by atoms with Crippen molar-refractivity contribution in [1.29, 1.82) is 0 Å². The molecule has 0 fully saturated rings. The molecule has 0 saturated carbocycles. The predicted octanol–water partition coefficient (Wildman–Crippen LogP) is 13.5. The number of hydrogen-bond donors (Lipinski definition) is 0. The van der Waals surface area contributed by atoms with E-state index in [0.717, 1.165) is 0 Å². The molecule has 0 saturated heterocycles. The lowest BCUT2D eigenvalue weighted by Gasteiger charge is -2.17. The fourth-order valence-corrected chi connectivity index (χ4v) is 8.49. The summed E-state index contributed by atoms with van der Waals surface area (Å²) in [6.07, 6.45) is 0. The Morgan fingerprint density at radius 3 is 1.50 bits per heavy atom. The normalized spacial score (nSPS) is 11.8. The third-order valence-electron chi connectivity index (χ3n) is 10.9. The Labute approximate surface area is 301 Å². The van der Waals surface area contributed by atoms with E-state index in [0.29, 0.717) is 0 Å². The third kappa shape index (κ3) is 4.31. The summed E-state index contributed by atoms with van der Waals surface area (Å²) in [5, 5.41) is 9.98. The zero-order chi connectivity index (χ0) is 34.2. The number of nitrogens with zero attached hydrogens (tertiary/aromatic N) is 2. The van der Waals surface area contributed by atoms with Gasteiger partial charge >= 0.3 is 0 Å². The van der Waals surface area contributed by atoms with Crippen LogP contribution >= 0.6 is 0 Å². The summed E-state index contributed by atoms with van der Waals surface area (Å²) in [7, 11) is 0. The van der Waals surface area contributed by atoms with Gasteiger partial charge in [0.05, 0.1) is 27.8 Å². The van der Waals surface area contributed by atoms with Gasteiger partial charge in [-0.3, -0.25) is 0 Å². The summed E-state index contributed by atoms with van der Waals surface area (Å²) >= 11 is 0. The molecule has 0 aliphatic carbocycles. The van der Waals surface area contributed by atoms with E-state index in [1.54, 1.807) is 0 Å². The third-order valence-corrected chi connectivity index (χ3v) is 10.9. The van der Waals surface area contributed by atoms with Gasteiger partial charge < -0.3 is 9.13 Å². The Morgan fingerprint density at radius 1 is 0.269 bits per heavy atom. The second-order valence-electron chi connectivity index (χ2n) is 13.7. The van der Waals surface area contributed by atoms with E-state index in [1.807, 2.05) is 0 Å². The number of benzene rings is 9. The largest absolute Gasteiger partial charge is 0.309 e. The van der Waals surface area contributed by atoms with Crippen molar-refractivity contribution in [3.63, 3.8) is 0 Å². The Kier molecular flexibility index (Phi) is 6.28. The van der Waals surface area contributed by atoms with Crippen LogP contribution in [0.4, 0.5) is 0 Å². The molecule has 0 atom stereocenters. The van der Waals surface area contributed by atoms with Crippen molar-refractivity contribution < 1.29 is 0 Å². The molecule has 0 bridgehead atoms. The van der Waals surface area contributed by atoms with Crippen LogP contribution in [0.2, 0.25) is 0 Å². The first-order chi connectivity index (χ1) is 25.8. The molecule has 2 heteroatoms. The van der Waals surface area contributed by atoms with E-state index in [9.17, 15) is 0 Å². The van der Waals surface area contributed by atoms with Crippen molar-refractivity contribution in [1.82, 2.24) is 9.13 Å². The molecule has 0 spiro atoms. The quantitative estimate of drug-likeness (QED) is 0.178. The monoisotopic (exact) mass is 660 g/mol. The topological polar surface area (TPSA) is 9.86 Å². The molecule has 9 aromatic carbocycles. The van der Waals surface area contributed by atoms with Crippen molar-refractivity contribution in [2.75, 3.05) is 0 Å². The fourth-order valence-electron chi connectivity index (χ4n) is 8.49. The molecule has 242 valence electrons. The molecule has 0 N–H and O–H groups in total. The van der Waals surface area contributed by atoms with Crippen LogP contribution < -0.4 is 0 Å². The maximum Gasteiger partial charge on any atom is 0.0618 e. The maximum absolute atomic E-state index is 2.49. The summed E-state index contributed by atoms with van der Waals surface area (Å²) in [5.74, 6) is 0. The molecule has 52 heavy (non-hydrogen) atoms. The van der Waals surface area contributed by atoms with Crippen LogP contribution in [0.25, 0.3) is 98.8 Å². The van der Waals surface area contributed by atoms with E-state index in [4.69, 9.17) is 0 Å². The minimum absolute atomic E-state index is 1.18. The van der Waals surface area contributed by atoms with Crippen LogP contribution in [0.5, 0.6) is 0 Å². The van der Waals surface area contributed by atoms with Crippen LogP contribution in [-0.2, 0) is 0 Å². The lowest BCUT2D eigenvalue weighted by Crippen LogP contribution is -1.99. The van der Waals surface area contributed by atoms with Gasteiger partial charge in [0.1, 0.15) is 0 Å². The molecular weight excluding hydrogens is 629 g/mol. The van der Waals surface area contributed by atoms with Crippen LogP contribution in [0, 0.1) is 0 Å². The maximum atomic E-state index is 2.49. The minimum Gasteiger partial charge on any atom is -0.309 e. The highest BCUT2D eigenvalue weighted by molar-refractivity contribution is 6.14. The number of rotatable bonds is 4. The second kappa shape index (κ2) is 11.3. The van der Waals surface area contributed by atoms with Crippen molar-refractivity contribution in [2.45, 2.75) is 0 Å². The molecule has 2 nitrogen and oxygen atoms in total. The summed E-state index contributed by atoms with van der Waals surface area (Å²) in [6, 6.07) is 71.0. The molecule has 0 radical (unpaired) electrons. The van der Waals surface area contributed by atoms with E-state index in [2.05, 4.69) is 203 Å². The first kappa shape index (κ1) is 28.9. The predicted molar refractivity (Wildman–Crippen MR) is 221 cm³/mol. The molecule has 0 unspecified atom stereocenters. The average molecular weight is 661 g/mol. The van der Waals surface area contributed by atoms with E-state index < -0.39 is 0 Å². The first-order valence-electron chi connectivity index (χ1n) is 17.9. The minimum atomic E-state index is 1.18. The first-order valence-corrected chi connectivity index (χ1v) is 17.9. The van der Waals surface area contributed by atoms with Crippen molar-refractivity contribution in [3.8, 4) is 33.6 Å². The van der Waals surface area contributed by atoms with Crippen molar-refractivity contribution in [3.05, 3.63) is 194 Å². The number of para-hydroxylation sites is 2. The standard InChI is InChI=1S/C50H32N2/c1-2-13-34(14-3-1)41-27-23-35-15-6-7-17-40(35)50(41)52-47-21-11-9-19-43(47)45-32-38(25-29-49(45)52)37-24-28-48-44(31-37)42-18-8-10-20-46(42)51(48)39-26-22-33-12-4-5-16-36(33)30-39/h1-32H. The molecule has 2 aromatic heterocycles. The van der Waals surface area contributed by atoms with Crippen molar-refractivity contribution >= 4 is 65.2 Å². The zero-order valence-corrected chi connectivity index (χ0v) is 28.4. The SMILES string of the molecule is c1ccc(-c2ccc3ccccc3c2-n2c3ccccc3c3cc(-c4ccc5c(c4)c4ccccc4n5-c4ccc5ccccc5c4)ccc32)cc1. The van der Waals surface area contributed by atoms with Crippen molar-refractivity contribution in [2.24, 2.45) is 0 Å². The summed E-state index contributed by atoms with van der Waals surface area (Å²) in [6.45, 7) is 0. The lowest BCUT2D eigenvalue weighted by molar-refractivity contribution is 1.19. The number of aromatic nitrogens is 2. The van der Waals surface area contributed by atoms with Gasteiger partial charge in [0.25, 0.3) is 0 Å². The van der Waals surface area contributed by atoms with Gasteiger partial charge in [-0.05, 0) is 81.4 Å². The highest BCUT2D eigenvalue weighted by Crippen LogP contribution is 2.42. The van der Waals surface area contributed by atoms with Crippen LogP contribution in [0.15, 0.2) is 194 Å². The van der Waals surface area contributed by atoms with Gasteiger partial charge in [-0.25, -0.2) is 0 Å². The van der Waals surface area contributed by atoms with Gasteiger partial charge in [0.15, 0.2) is 0 Å². The smallest absolute Gasteiger partial charge is 0.0618 e. The summed E-state index contributed by atoms with van der Waals surface area (Å²) < 4.78 is 4.89. The van der Waals surface area contributed by atoms with Gasteiger partial charge in [-0.1, -0.05) is 146 Å². The Hall–Kier alpha value is -6.90. The molecule has 11 aromatic rings. The Balaban J connectivity index is 1.13. The average Bonchev–Trinajstić information content (AvgIpc) is 3.72. The highest BCUT2D eigenvalue weighted by Gasteiger charge is 2.19. The number of hydrogen-bond acceptors (Lipinski definition) is 0. The molecular formula is C50H32N2. The number of fused-ring (bicyclic) bond motifs is 8. The van der Waals surface area contributed by atoms with Gasteiger partial charge in [-0.15, -0.1) is 0 Å². The molecule has 11 rings (SSSR count). The summed E-state index contributed by atoms with van der Waals surface area (Å²) in [5.41, 5.74) is 12.1. The van der Waals surface area contributed by atoms with Gasteiger partial charge in [-0.2, -0.15) is 0 Å². The Morgan fingerprint density at radius 2 is 0.788 bits per heavy atom. The molecule has 0 amide bonds. The van der Waals surface area contributed by atoms with Crippen LogP contribution in [0.1, 0.15) is 0 Å². The van der Waals surface area contributed by atoms with E-state index in [1.165, 1.54) is 98.8 Å².